The molecule has 1 saturated heterocycles. The SMILES string of the molecule is Cc1nn(CC(C)C)c(Cl)c1C1CCCN1c1cc(NCC2CC2)ncn1.O=C(O)C(F)(F)F. The molecule has 1 aliphatic carbocycles. The summed E-state index contributed by atoms with van der Waals surface area (Å²) in [5.74, 6) is 0.453. The molecule has 2 N–H and O–H groups in total. The number of carbonyl (C=O) groups is 1. The summed E-state index contributed by atoms with van der Waals surface area (Å²) in [5.41, 5.74) is 2.18. The maximum Gasteiger partial charge on any atom is 0.490 e. The van der Waals surface area contributed by atoms with E-state index in [-0.39, 0.29) is 6.04 Å². The molecule has 8 nitrogen and oxygen atoms in total. The molecule has 2 fully saturated rings. The molecule has 4 rings (SSSR count). The van der Waals surface area contributed by atoms with Gasteiger partial charge in [0.2, 0.25) is 0 Å². The predicted molar refractivity (Wildman–Crippen MR) is 123 cm³/mol. The van der Waals surface area contributed by atoms with Crippen LogP contribution in [0.5, 0.6) is 0 Å². The molecule has 12 heteroatoms. The van der Waals surface area contributed by atoms with Gasteiger partial charge in [0.05, 0.1) is 11.7 Å². The zero-order valence-corrected chi connectivity index (χ0v) is 20.2. The van der Waals surface area contributed by atoms with E-state index < -0.39 is 12.1 Å². The third kappa shape index (κ3) is 6.74. The Morgan fingerprint density at radius 1 is 1.29 bits per heavy atom. The molecule has 0 radical (unpaired) electrons. The Morgan fingerprint density at radius 2 is 1.97 bits per heavy atom. The number of carboxylic acid groups (broad SMARTS) is 1. The molecular weight excluding hydrogens is 473 g/mol. The zero-order valence-electron chi connectivity index (χ0n) is 19.4. The number of halogens is 4. The van der Waals surface area contributed by atoms with Gasteiger partial charge >= 0.3 is 12.1 Å². The minimum absolute atomic E-state index is 0.226. The van der Waals surface area contributed by atoms with Gasteiger partial charge < -0.3 is 15.3 Å². The van der Waals surface area contributed by atoms with E-state index in [1.54, 1.807) is 6.33 Å². The summed E-state index contributed by atoms with van der Waals surface area (Å²) in [6.07, 6.45) is 1.44. The molecule has 1 saturated carbocycles. The highest BCUT2D eigenvalue weighted by molar-refractivity contribution is 6.30. The van der Waals surface area contributed by atoms with Crippen molar-refractivity contribution in [2.45, 2.75) is 65.2 Å². The van der Waals surface area contributed by atoms with Crippen LogP contribution in [0.4, 0.5) is 24.8 Å². The van der Waals surface area contributed by atoms with Gasteiger partial charge in [-0.2, -0.15) is 18.3 Å². The summed E-state index contributed by atoms with van der Waals surface area (Å²) in [6.45, 7) is 9.27. The second-order valence-electron chi connectivity index (χ2n) is 9.11. The van der Waals surface area contributed by atoms with Gasteiger partial charge in [0, 0.05) is 31.3 Å². The smallest absolute Gasteiger partial charge is 0.475 e. The van der Waals surface area contributed by atoms with E-state index in [4.69, 9.17) is 26.6 Å². The largest absolute Gasteiger partial charge is 0.490 e. The standard InChI is InChI=1S/C20H29ClN6.C2HF3O2/c1-13(2)11-27-20(21)19(14(3)25-27)16-5-4-8-26(16)18-9-17(23-12-24-18)22-10-15-6-7-15;3-2(4,5)1(6)7/h9,12-13,15-16H,4-8,10-11H2,1-3H3,(H,22,23,24);(H,6,7). The number of hydrogen-bond donors (Lipinski definition) is 2. The fourth-order valence-electron chi connectivity index (χ4n) is 3.93. The molecule has 1 aliphatic heterocycles. The van der Waals surface area contributed by atoms with Crippen LogP contribution in [0.3, 0.4) is 0 Å². The number of alkyl halides is 3. The van der Waals surface area contributed by atoms with E-state index in [0.717, 1.165) is 66.4 Å². The Hall–Kier alpha value is -2.56. The van der Waals surface area contributed by atoms with Gasteiger partial charge in [-0.3, -0.25) is 4.68 Å². The first-order valence-electron chi connectivity index (χ1n) is 11.3. The summed E-state index contributed by atoms with van der Waals surface area (Å²) in [6, 6.07) is 2.30. The Labute approximate surface area is 201 Å². The van der Waals surface area contributed by atoms with Crippen LogP contribution in [-0.2, 0) is 11.3 Å². The molecule has 34 heavy (non-hydrogen) atoms. The molecule has 1 unspecified atom stereocenters. The highest BCUT2D eigenvalue weighted by Crippen LogP contribution is 2.40. The monoisotopic (exact) mass is 502 g/mol. The summed E-state index contributed by atoms with van der Waals surface area (Å²) in [5, 5.41) is 16.1. The number of anilines is 2. The fourth-order valence-corrected chi connectivity index (χ4v) is 4.29. The summed E-state index contributed by atoms with van der Waals surface area (Å²) >= 11 is 6.76. The lowest BCUT2D eigenvalue weighted by atomic mass is 10.1. The minimum atomic E-state index is -5.08. The van der Waals surface area contributed by atoms with Crippen molar-refractivity contribution >= 4 is 29.2 Å². The van der Waals surface area contributed by atoms with Gasteiger partial charge in [-0.1, -0.05) is 25.4 Å². The quantitative estimate of drug-likeness (QED) is 0.544. The highest BCUT2D eigenvalue weighted by Gasteiger charge is 2.38. The molecule has 1 atom stereocenters. The first kappa shape index (κ1) is 26.1. The maximum atomic E-state index is 10.6. The van der Waals surface area contributed by atoms with Crippen molar-refractivity contribution in [1.82, 2.24) is 19.7 Å². The lowest BCUT2D eigenvalue weighted by Crippen LogP contribution is -2.24. The molecule has 0 amide bonds. The highest BCUT2D eigenvalue weighted by atomic mass is 35.5. The van der Waals surface area contributed by atoms with Crippen molar-refractivity contribution in [3.05, 3.63) is 28.8 Å². The van der Waals surface area contributed by atoms with Gasteiger partial charge in [-0.25, -0.2) is 14.8 Å². The van der Waals surface area contributed by atoms with Crippen LogP contribution >= 0.6 is 11.6 Å². The molecule has 0 spiro atoms. The number of aryl methyl sites for hydroxylation is 1. The van der Waals surface area contributed by atoms with Crippen LogP contribution < -0.4 is 10.2 Å². The van der Waals surface area contributed by atoms with Crippen LogP contribution in [0.2, 0.25) is 5.15 Å². The number of aromatic nitrogens is 4. The molecule has 2 aliphatic rings. The normalized spacial score (nSPS) is 18.1. The van der Waals surface area contributed by atoms with E-state index in [0.29, 0.717) is 5.92 Å². The number of hydrogen-bond acceptors (Lipinski definition) is 6. The van der Waals surface area contributed by atoms with Crippen molar-refractivity contribution in [3.63, 3.8) is 0 Å². The average Bonchev–Trinajstić information content (AvgIpc) is 3.39. The number of carboxylic acids is 1. The zero-order chi connectivity index (χ0) is 25.0. The summed E-state index contributed by atoms with van der Waals surface area (Å²) in [7, 11) is 0. The second kappa shape index (κ2) is 10.8. The van der Waals surface area contributed by atoms with Crippen molar-refractivity contribution in [2.24, 2.45) is 11.8 Å². The van der Waals surface area contributed by atoms with Gasteiger partial charge in [0.25, 0.3) is 0 Å². The third-order valence-electron chi connectivity index (χ3n) is 5.69. The van der Waals surface area contributed by atoms with Crippen LogP contribution in [0.1, 0.15) is 56.8 Å². The van der Waals surface area contributed by atoms with Crippen molar-refractivity contribution in [1.29, 1.82) is 0 Å². The Balaban J connectivity index is 0.000000406. The Morgan fingerprint density at radius 3 is 2.56 bits per heavy atom. The van der Waals surface area contributed by atoms with Crippen molar-refractivity contribution < 1.29 is 23.1 Å². The summed E-state index contributed by atoms with van der Waals surface area (Å²) < 4.78 is 33.7. The lowest BCUT2D eigenvalue weighted by Gasteiger charge is -2.26. The average molecular weight is 503 g/mol. The number of rotatable bonds is 7. The van der Waals surface area contributed by atoms with E-state index in [1.165, 1.54) is 12.8 Å². The molecule has 188 valence electrons. The topological polar surface area (TPSA) is 96.2 Å². The van der Waals surface area contributed by atoms with Crippen LogP contribution in [0, 0.1) is 18.8 Å². The van der Waals surface area contributed by atoms with Gasteiger partial charge in [0.1, 0.15) is 23.1 Å². The molecule has 2 aromatic heterocycles. The van der Waals surface area contributed by atoms with E-state index in [9.17, 15) is 13.2 Å². The molecular formula is C22H30ClF3N6O2. The van der Waals surface area contributed by atoms with Gasteiger partial charge in [-0.15, -0.1) is 0 Å². The van der Waals surface area contributed by atoms with E-state index >= 15 is 0 Å². The second-order valence-corrected chi connectivity index (χ2v) is 9.46. The summed E-state index contributed by atoms with van der Waals surface area (Å²) in [4.78, 5) is 20.2. The first-order chi connectivity index (χ1) is 16.0. The van der Waals surface area contributed by atoms with Gasteiger partial charge in [0.15, 0.2) is 0 Å². The first-order valence-corrected chi connectivity index (χ1v) is 11.7. The molecule has 3 heterocycles. The van der Waals surface area contributed by atoms with Crippen molar-refractivity contribution in [3.8, 4) is 0 Å². The van der Waals surface area contributed by atoms with E-state index in [2.05, 4.69) is 47.0 Å². The molecule has 0 bridgehead atoms. The fraction of sp³-hybridized carbons (Fsp3) is 0.636. The lowest BCUT2D eigenvalue weighted by molar-refractivity contribution is -0.192. The predicted octanol–water partition coefficient (Wildman–Crippen LogP) is 5.09. The minimum Gasteiger partial charge on any atom is -0.475 e. The van der Waals surface area contributed by atoms with Crippen LogP contribution in [-0.4, -0.2) is 50.1 Å². The third-order valence-corrected chi connectivity index (χ3v) is 6.09. The maximum absolute atomic E-state index is 10.6. The van der Waals surface area contributed by atoms with Crippen molar-refractivity contribution in [2.75, 3.05) is 23.3 Å². The van der Waals surface area contributed by atoms with Crippen LogP contribution in [0.15, 0.2) is 12.4 Å². The molecule has 0 aromatic carbocycles. The van der Waals surface area contributed by atoms with Gasteiger partial charge in [-0.05, 0) is 44.4 Å². The van der Waals surface area contributed by atoms with E-state index in [1.807, 2.05) is 4.68 Å². The number of nitrogens with one attached hydrogen (secondary N) is 1. The molecule has 2 aromatic rings. The Bertz CT molecular complexity index is 994. The Kier molecular flexibility index (Phi) is 8.27. The number of nitrogens with zero attached hydrogens (tertiary/aromatic N) is 5. The number of aliphatic carboxylic acids is 1. The van der Waals surface area contributed by atoms with Crippen LogP contribution in [0.25, 0.3) is 0 Å².